The molecule has 128 valence electrons. The van der Waals surface area contributed by atoms with E-state index in [0.29, 0.717) is 17.5 Å². The van der Waals surface area contributed by atoms with Crippen molar-refractivity contribution in [1.29, 1.82) is 0 Å². The third-order valence-corrected chi connectivity index (χ3v) is 4.54. The number of nitrogens with zero attached hydrogens (tertiary/aromatic N) is 1. The van der Waals surface area contributed by atoms with E-state index in [2.05, 4.69) is 44.8 Å². The largest absolute Gasteiger partial charge is 0.383 e. The molecule has 0 aromatic heterocycles. The van der Waals surface area contributed by atoms with Crippen molar-refractivity contribution in [2.24, 2.45) is 5.41 Å². The Morgan fingerprint density at radius 3 is 2.10 bits per heavy atom. The Morgan fingerprint density at radius 2 is 1.67 bits per heavy atom. The van der Waals surface area contributed by atoms with Crippen LogP contribution in [0, 0.1) is 5.41 Å². The quantitative estimate of drug-likeness (QED) is 0.567. The predicted molar refractivity (Wildman–Crippen MR) is 90.9 cm³/mol. The third-order valence-electron chi connectivity index (χ3n) is 4.54. The maximum atomic E-state index is 5.35. The highest BCUT2D eigenvalue weighted by Gasteiger charge is 2.30. The zero-order valence-corrected chi connectivity index (χ0v) is 15.4. The van der Waals surface area contributed by atoms with Crippen LogP contribution in [0.1, 0.15) is 47.5 Å². The first-order chi connectivity index (χ1) is 9.94. The molecule has 0 spiro atoms. The molecule has 0 aromatic rings. The minimum Gasteiger partial charge on any atom is -0.383 e. The molecule has 0 aromatic carbocycles. The van der Waals surface area contributed by atoms with Gasteiger partial charge < -0.3 is 14.8 Å². The fourth-order valence-electron chi connectivity index (χ4n) is 2.64. The topological polar surface area (TPSA) is 33.7 Å². The summed E-state index contributed by atoms with van der Waals surface area (Å²) in [6.07, 6.45) is 2.37. The van der Waals surface area contributed by atoms with E-state index in [1.807, 2.05) is 0 Å². The van der Waals surface area contributed by atoms with Crippen LogP contribution in [0.25, 0.3) is 0 Å². The molecular formula is C17H38N2O2. The van der Waals surface area contributed by atoms with Gasteiger partial charge in [0, 0.05) is 45.9 Å². The minimum atomic E-state index is 0.319. The molecule has 0 aliphatic carbocycles. The van der Waals surface area contributed by atoms with Gasteiger partial charge in [-0.1, -0.05) is 27.7 Å². The summed E-state index contributed by atoms with van der Waals surface area (Å²) < 4.78 is 10.6. The van der Waals surface area contributed by atoms with Crippen LogP contribution < -0.4 is 5.32 Å². The van der Waals surface area contributed by atoms with Gasteiger partial charge in [0.15, 0.2) is 0 Å². The predicted octanol–water partition coefficient (Wildman–Crippen LogP) is 2.77. The Labute approximate surface area is 132 Å². The van der Waals surface area contributed by atoms with Crippen molar-refractivity contribution in [3.8, 4) is 0 Å². The Kier molecular flexibility index (Phi) is 11.3. The summed E-state index contributed by atoms with van der Waals surface area (Å²) in [5.74, 6) is 0. The van der Waals surface area contributed by atoms with Crippen molar-refractivity contribution in [2.75, 3.05) is 47.1 Å². The maximum absolute atomic E-state index is 5.35. The summed E-state index contributed by atoms with van der Waals surface area (Å²) in [6.45, 7) is 15.9. The SMILES string of the molecule is CCC(CC)(CNC(C)C)CN(CCOC)C(C)COC. The fourth-order valence-corrected chi connectivity index (χ4v) is 2.64. The average Bonchev–Trinajstić information content (AvgIpc) is 2.47. The molecule has 1 atom stereocenters. The standard InChI is InChI=1S/C17H38N2O2/c1-8-17(9-2,13-18-15(3)4)14-19(10-11-20-6)16(5)12-21-7/h15-16,18H,8-14H2,1-7H3. The van der Waals surface area contributed by atoms with Gasteiger partial charge >= 0.3 is 0 Å². The zero-order chi connectivity index (χ0) is 16.3. The summed E-state index contributed by atoms with van der Waals surface area (Å²) in [5, 5.41) is 3.63. The van der Waals surface area contributed by atoms with E-state index in [1.165, 1.54) is 12.8 Å². The number of hydrogen-bond acceptors (Lipinski definition) is 4. The lowest BCUT2D eigenvalue weighted by atomic mass is 9.81. The van der Waals surface area contributed by atoms with Crippen LogP contribution in [0.3, 0.4) is 0 Å². The molecule has 0 amide bonds. The van der Waals surface area contributed by atoms with E-state index in [9.17, 15) is 0 Å². The second-order valence-corrected chi connectivity index (χ2v) is 6.51. The first kappa shape index (κ1) is 20.8. The van der Waals surface area contributed by atoms with Crippen LogP contribution in [0.4, 0.5) is 0 Å². The van der Waals surface area contributed by atoms with Gasteiger partial charge in [0.1, 0.15) is 0 Å². The van der Waals surface area contributed by atoms with E-state index in [1.54, 1.807) is 14.2 Å². The maximum Gasteiger partial charge on any atom is 0.0615 e. The van der Waals surface area contributed by atoms with E-state index < -0.39 is 0 Å². The molecule has 0 aliphatic rings. The molecule has 21 heavy (non-hydrogen) atoms. The molecule has 0 heterocycles. The average molecular weight is 303 g/mol. The highest BCUT2D eigenvalue weighted by molar-refractivity contribution is 4.85. The Balaban J connectivity index is 4.83. The highest BCUT2D eigenvalue weighted by Crippen LogP contribution is 2.28. The first-order valence-corrected chi connectivity index (χ1v) is 8.40. The molecule has 0 rings (SSSR count). The smallest absolute Gasteiger partial charge is 0.0615 e. The van der Waals surface area contributed by atoms with E-state index >= 15 is 0 Å². The number of methoxy groups -OCH3 is 2. The van der Waals surface area contributed by atoms with Gasteiger partial charge in [-0.15, -0.1) is 0 Å². The Morgan fingerprint density at radius 1 is 1.05 bits per heavy atom. The monoisotopic (exact) mass is 302 g/mol. The van der Waals surface area contributed by atoms with Crippen LogP contribution in [-0.2, 0) is 9.47 Å². The van der Waals surface area contributed by atoms with Gasteiger partial charge in [0.05, 0.1) is 13.2 Å². The van der Waals surface area contributed by atoms with Crippen molar-refractivity contribution in [2.45, 2.75) is 59.5 Å². The van der Waals surface area contributed by atoms with Crippen molar-refractivity contribution in [3.05, 3.63) is 0 Å². The molecular weight excluding hydrogens is 264 g/mol. The molecule has 0 bridgehead atoms. The summed E-state index contributed by atoms with van der Waals surface area (Å²) >= 11 is 0. The number of ether oxygens (including phenoxy) is 2. The van der Waals surface area contributed by atoms with Crippen molar-refractivity contribution < 1.29 is 9.47 Å². The molecule has 0 radical (unpaired) electrons. The lowest BCUT2D eigenvalue weighted by Crippen LogP contribution is -2.49. The van der Waals surface area contributed by atoms with Crippen molar-refractivity contribution in [3.63, 3.8) is 0 Å². The molecule has 4 heteroatoms. The van der Waals surface area contributed by atoms with E-state index in [-0.39, 0.29) is 0 Å². The second-order valence-electron chi connectivity index (χ2n) is 6.51. The molecule has 0 saturated heterocycles. The molecule has 0 aliphatic heterocycles. The number of hydrogen-bond donors (Lipinski definition) is 1. The van der Waals surface area contributed by atoms with Crippen LogP contribution in [0.15, 0.2) is 0 Å². The van der Waals surface area contributed by atoms with E-state index in [0.717, 1.165) is 32.8 Å². The third kappa shape index (κ3) is 8.15. The van der Waals surface area contributed by atoms with Gasteiger partial charge in [-0.3, -0.25) is 4.90 Å². The number of nitrogens with one attached hydrogen (secondary N) is 1. The number of rotatable bonds is 13. The van der Waals surface area contributed by atoms with Gasteiger partial charge in [0.2, 0.25) is 0 Å². The normalized spacial score (nSPS) is 14.1. The van der Waals surface area contributed by atoms with Crippen molar-refractivity contribution in [1.82, 2.24) is 10.2 Å². The summed E-state index contributed by atoms with van der Waals surface area (Å²) in [5.41, 5.74) is 0.319. The lowest BCUT2D eigenvalue weighted by Gasteiger charge is -2.40. The van der Waals surface area contributed by atoms with Gasteiger partial charge in [0.25, 0.3) is 0 Å². The minimum absolute atomic E-state index is 0.319. The molecule has 4 nitrogen and oxygen atoms in total. The van der Waals surface area contributed by atoms with Crippen LogP contribution in [0.2, 0.25) is 0 Å². The molecule has 1 N–H and O–H groups in total. The molecule has 0 fully saturated rings. The molecule has 1 unspecified atom stereocenters. The first-order valence-electron chi connectivity index (χ1n) is 8.40. The zero-order valence-electron chi connectivity index (χ0n) is 15.4. The van der Waals surface area contributed by atoms with Gasteiger partial charge in [-0.2, -0.15) is 0 Å². The van der Waals surface area contributed by atoms with E-state index in [4.69, 9.17) is 9.47 Å². The lowest BCUT2D eigenvalue weighted by molar-refractivity contribution is 0.0389. The Bertz CT molecular complexity index is 243. The van der Waals surface area contributed by atoms with Crippen LogP contribution in [0.5, 0.6) is 0 Å². The molecule has 0 saturated carbocycles. The second kappa shape index (κ2) is 11.4. The summed E-state index contributed by atoms with van der Waals surface area (Å²) in [7, 11) is 3.55. The van der Waals surface area contributed by atoms with Gasteiger partial charge in [-0.25, -0.2) is 0 Å². The van der Waals surface area contributed by atoms with Crippen LogP contribution in [-0.4, -0.2) is 64.1 Å². The fraction of sp³-hybridized carbons (Fsp3) is 1.00. The van der Waals surface area contributed by atoms with Crippen molar-refractivity contribution >= 4 is 0 Å². The summed E-state index contributed by atoms with van der Waals surface area (Å²) in [4.78, 5) is 2.52. The highest BCUT2D eigenvalue weighted by atomic mass is 16.5. The Hall–Kier alpha value is -0.160. The van der Waals surface area contributed by atoms with Gasteiger partial charge in [-0.05, 0) is 25.2 Å². The van der Waals surface area contributed by atoms with Crippen LogP contribution >= 0.6 is 0 Å². The summed E-state index contributed by atoms with van der Waals surface area (Å²) in [6, 6.07) is 0.952.